The summed E-state index contributed by atoms with van der Waals surface area (Å²) in [6, 6.07) is 5.53. The van der Waals surface area contributed by atoms with Crippen molar-refractivity contribution in [3.05, 3.63) is 41.2 Å². The van der Waals surface area contributed by atoms with Crippen LogP contribution < -0.4 is 0 Å². The lowest BCUT2D eigenvalue weighted by Gasteiger charge is -2.07. The number of carbonyl (C=O) groups is 1. The van der Waals surface area contributed by atoms with Crippen LogP contribution in [0.4, 0.5) is 0 Å². The zero-order valence-corrected chi connectivity index (χ0v) is 11.4. The van der Waals surface area contributed by atoms with Crippen molar-refractivity contribution in [1.29, 1.82) is 0 Å². The van der Waals surface area contributed by atoms with Crippen molar-refractivity contribution in [3.8, 4) is 0 Å². The average Bonchev–Trinajstić information content (AvgIpc) is 2.86. The van der Waals surface area contributed by atoms with E-state index in [9.17, 15) is 15.0 Å². The van der Waals surface area contributed by atoms with Gasteiger partial charge < -0.3 is 19.9 Å². The van der Waals surface area contributed by atoms with Gasteiger partial charge in [-0.3, -0.25) is 0 Å². The zero-order valence-electron chi connectivity index (χ0n) is 11.4. The summed E-state index contributed by atoms with van der Waals surface area (Å²) >= 11 is 0. The highest BCUT2D eigenvalue weighted by Crippen LogP contribution is 2.32. The van der Waals surface area contributed by atoms with Gasteiger partial charge in [0.15, 0.2) is 5.69 Å². The van der Waals surface area contributed by atoms with E-state index in [4.69, 9.17) is 4.74 Å². The molecule has 3 aromatic rings. The molecule has 0 aliphatic carbocycles. The Bertz CT molecular complexity index is 838. The van der Waals surface area contributed by atoms with Crippen LogP contribution in [-0.2, 0) is 18.0 Å². The highest BCUT2D eigenvalue weighted by molar-refractivity contribution is 6.12. The molecule has 0 bridgehead atoms. The Labute approximate surface area is 120 Å². The molecule has 0 fully saturated rings. The lowest BCUT2D eigenvalue weighted by molar-refractivity contribution is 0.0685. The average molecular weight is 286 g/mol. The van der Waals surface area contributed by atoms with Gasteiger partial charge in [0.05, 0.1) is 24.9 Å². The molecule has 0 unspecified atom stereocenters. The van der Waals surface area contributed by atoms with Crippen LogP contribution in [0.5, 0.6) is 0 Å². The van der Waals surface area contributed by atoms with Crippen LogP contribution in [0.3, 0.4) is 0 Å². The largest absolute Gasteiger partial charge is 0.477 e. The van der Waals surface area contributed by atoms with Crippen LogP contribution >= 0.6 is 0 Å². The minimum Gasteiger partial charge on any atom is -0.477 e. The molecule has 0 radical (unpaired) electrons. The van der Waals surface area contributed by atoms with Crippen molar-refractivity contribution in [2.75, 3.05) is 7.11 Å². The van der Waals surface area contributed by atoms with Crippen molar-refractivity contribution in [2.45, 2.75) is 13.2 Å². The van der Waals surface area contributed by atoms with Gasteiger partial charge in [-0.25, -0.2) is 9.78 Å². The lowest BCUT2D eigenvalue weighted by atomic mass is 10.0. The number of ether oxygens (including phenoxy) is 1. The Morgan fingerprint density at radius 1 is 1.33 bits per heavy atom. The van der Waals surface area contributed by atoms with Crippen molar-refractivity contribution < 1.29 is 19.7 Å². The van der Waals surface area contributed by atoms with E-state index in [1.807, 2.05) is 18.2 Å². The highest BCUT2D eigenvalue weighted by atomic mass is 16.5. The topological polar surface area (TPSA) is 95.4 Å². The summed E-state index contributed by atoms with van der Waals surface area (Å²) in [6.45, 7) is 0.0140. The summed E-state index contributed by atoms with van der Waals surface area (Å²) in [5, 5.41) is 20.4. The number of carboxylic acids is 1. The van der Waals surface area contributed by atoms with Crippen LogP contribution in [0.1, 0.15) is 21.6 Å². The Morgan fingerprint density at radius 3 is 2.81 bits per heavy atom. The van der Waals surface area contributed by atoms with Gasteiger partial charge >= 0.3 is 5.97 Å². The third kappa shape index (κ3) is 2.05. The predicted molar refractivity (Wildman–Crippen MR) is 77.2 cm³/mol. The van der Waals surface area contributed by atoms with Gasteiger partial charge in [-0.05, 0) is 11.6 Å². The summed E-state index contributed by atoms with van der Waals surface area (Å²) in [6.07, 6.45) is 1.50. The molecular formula is C15H14N2O4. The van der Waals surface area contributed by atoms with Gasteiger partial charge in [-0.1, -0.05) is 12.1 Å². The molecule has 6 heteroatoms. The van der Waals surface area contributed by atoms with Crippen LogP contribution in [0.15, 0.2) is 24.4 Å². The monoisotopic (exact) mass is 286 g/mol. The Kier molecular flexibility index (Phi) is 3.32. The molecular weight excluding hydrogens is 272 g/mol. The second-order valence-electron chi connectivity index (χ2n) is 4.74. The number of hydrogen-bond donors (Lipinski definition) is 3. The third-order valence-electron chi connectivity index (χ3n) is 3.51. The molecule has 0 aliphatic heterocycles. The summed E-state index contributed by atoms with van der Waals surface area (Å²) in [4.78, 5) is 18.6. The summed E-state index contributed by atoms with van der Waals surface area (Å²) < 4.78 is 5.14. The molecule has 1 aromatic carbocycles. The number of methoxy groups -OCH3 is 1. The maximum Gasteiger partial charge on any atom is 0.354 e. The van der Waals surface area contributed by atoms with E-state index in [1.165, 1.54) is 13.3 Å². The Balaban J connectivity index is 2.49. The molecule has 108 valence electrons. The molecule has 0 spiro atoms. The molecule has 3 N–H and O–H groups in total. The number of benzene rings is 1. The number of aliphatic hydroxyl groups is 1. The van der Waals surface area contributed by atoms with Crippen molar-refractivity contribution >= 4 is 27.8 Å². The Morgan fingerprint density at radius 2 is 2.14 bits per heavy atom. The maximum absolute atomic E-state index is 11.4. The molecule has 0 saturated carbocycles. The molecule has 2 heterocycles. The van der Waals surface area contributed by atoms with Crippen molar-refractivity contribution in [1.82, 2.24) is 9.97 Å². The molecule has 2 aromatic heterocycles. The smallest absolute Gasteiger partial charge is 0.354 e. The maximum atomic E-state index is 11.4. The van der Waals surface area contributed by atoms with Crippen LogP contribution in [0.25, 0.3) is 21.8 Å². The standard InChI is InChI=1S/C15H14N2O4/c1-21-7-9-13-11(5-16-14(9)15(19)20)17-10-4-2-3-8(6-18)12(10)13/h2-5,17-18H,6-7H2,1H3,(H,19,20). The number of rotatable bonds is 4. The minimum absolute atomic E-state index is 0.0296. The number of fused-ring (bicyclic) bond motifs is 3. The van der Waals surface area contributed by atoms with E-state index in [1.54, 1.807) is 0 Å². The van der Waals surface area contributed by atoms with Gasteiger partial charge in [0.1, 0.15) is 0 Å². The fourth-order valence-electron chi connectivity index (χ4n) is 2.68. The molecule has 0 amide bonds. The molecule has 0 atom stereocenters. The fraction of sp³-hybridized carbons (Fsp3) is 0.200. The fourth-order valence-corrected chi connectivity index (χ4v) is 2.68. The number of pyridine rings is 1. The number of H-pyrrole nitrogens is 1. The van der Waals surface area contributed by atoms with Gasteiger partial charge in [-0.2, -0.15) is 0 Å². The predicted octanol–water partition coefficient (Wildman–Crippen LogP) is 2.05. The van der Waals surface area contributed by atoms with Gasteiger partial charge in [-0.15, -0.1) is 0 Å². The summed E-state index contributed by atoms with van der Waals surface area (Å²) in [5.41, 5.74) is 2.77. The Hall–Kier alpha value is -2.44. The zero-order chi connectivity index (χ0) is 15.0. The summed E-state index contributed by atoms with van der Waals surface area (Å²) in [5.74, 6) is -1.10. The highest BCUT2D eigenvalue weighted by Gasteiger charge is 2.19. The van der Waals surface area contributed by atoms with Crippen molar-refractivity contribution in [3.63, 3.8) is 0 Å². The number of aromatic amines is 1. The number of hydrogen-bond acceptors (Lipinski definition) is 4. The molecule has 0 saturated heterocycles. The first-order chi connectivity index (χ1) is 10.2. The van der Waals surface area contributed by atoms with E-state index in [0.717, 1.165) is 27.4 Å². The number of aromatic carboxylic acids is 1. The molecule has 3 rings (SSSR count). The number of nitrogens with zero attached hydrogens (tertiary/aromatic N) is 1. The number of carboxylic acid groups (broad SMARTS) is 1. The summed E-state index contributed by atoms with van der Waals surface area (Å²) in [7, 11) is 1.51. The first kappa shape index (κ1) is 13.5. The van der Waals surface area contributed by atoms with Crippen molar-refractivity contribution in [2.24, 2.45) is 0 Å². The van der Waals surface area contributed by atoms with E-state index in [0.29, 0.717) is 5.56 Å². The quantitative estimate of drug-likeness (QED) is 0.682. The van der Waals surface area contributed by atoms with Crippen LogP contribution in [-0.4, -0.2) is 33.3 Å². The lowest BCUT2D eigenvalue weighted by Crippen LogP contribution is -2.07. The normalized spacial score (nSPS) is 11.3. The number of nitrogens with one attached hydrogen (secondary N) is 1. The SMILES string of the molecule is COCc1c(C(=O)O)ncc2[nH]c3cccc(CO)c3c12. The van der Waals surface area contributed by atoms with E-state index in [2.05, 4.69) is 9.97 Å². The van der Waals surface area contributed by atoms with Crippen LogP contribution in [0.2, 0.25) is 0 Å². The molecule has 6 nitrogen and oxygen atoms in total. The van der Waals surface area contributed by atoms with E-state index < -0.39 is 5.97 Å². The third-order valence-corrected chi connectivity index (χ3v) is 3.51. The van der Waals surface area contributed by atoms with Gasteiger partial charge in [0, 0.05) is 29.0 Å². The minimum atomic E-state index is -1.10. The van der Waals surface area contributed by atoms with Gasteiger partial charge in [0.2, 0.25) is 0 Å². The first-order valence-corrected chi connectivity index (χ1v) is 6.41. The number of aromatic nitrogens is 2. The second-order valence-corrected chi connectivity index (χ2v) is 4.74. The van der Waals surface area contributed by atoms with Gasteiger partial charge in [0.25, 0.3) is 0 Å². The number of aliphatic hydroxyl groups excluding tert-OH is 1. The molecule has 0 aliphatic rings. The second kappa shape index (κ2) is 5.16. The van der Waals surface area contributed by atoms with E-state index in [-0.39, 0.29) is 18.9 Å². The van der Waals surface area contributed by atoms with Crippen LogP contribution in [0, 0.1) is 0 Å². The molecule has 21 heavy (non-hydrogen) atoms. The van der Waals surface area contributed by atoms with E-state index >= 15 is 0 Å². The first-order valence-electron chi connectivity index (χ1n) is 6.41.